The van der Waals surface area contributed by atoms with Gasteiger partial charge in [0.15, 0.2) is 10.9 Å². The number of aromatic nitrogens is 2. The second-order valence-electron chi connectivity index (χ2n) is 5.40. The maximum absolute atomic E-state index is 12.3. The maximum atomic E-state index is 12.3. The average Bonchev–Trinajstić information content (AvgIpc) is 3.20. The lowest BCUT2D eigenvalue weighted by Crippen LogP contribution is -1.98. The summed E-state index contributed by atoms with van der Waals surface area (Å²) in [6.45, 7) is 4.07. The van der Waals surface area contributed by atoms with E-state index in [9.17, 15) is 4.79 Å². The topological polar surface area (TPSA) is 44.1 Å². The number of thiazole rings is 1. The summed E-state index contributed by atoms with van der Waals surface area (Å²) in [7, 11) is 1.61. The molecule has 122 valence electrons. The van der Waals surface area contributed by atoms with Gasteiger partial charge in [0.05, 0.1) is 7.11 Å². The molecule has 0 fully saturated rings. The van der Waals surface area contributed by atoms with E-state index in [1.807, 2.05) is 25.3 Å². The first-order chi connectivity index (χ1) is 11.6. The molecule has 0 spiro atoms. The first-order valence-corrected chi connectivity index (χ1v) is 8.43. The summed E-state index contributed by atoms with van der Waals surface area (Å²) in [5, 5.41) is 2.89. The summed E-state index contributed by atoms with van der Waals surface area (Å²) < 4.78 is 7.21. The molecule has 24 heavy (non-hydrogen) atoms. The van der Waals surface area contributed by atoms with Crippen molar-refractivity contribution >= 4 is 23.2 Å². The fourth-order valence-corrected chi connectivity index (χ4v) is 3.35. The van der Waals surface area contributed by atoms with Crippen LogP contribution in [0.25, 0.3) is 11.2 Å². The van der Waals surface area contributed by atoms with Gasteiger partial charge in [0, 0.05) is 28.5 Å². The maximum Gasteiger partial charge on any atom is 0.193 e. The second kappa shape index (κ2) is 6.84. The van der Waals surface area contributed by atoms with E-state index < -0.39 is 0 Å². The molecule has 0 aliphatic carbocycles. The first kappa shape index (κ1) is 16.2. The van der Waals surface area contributed by atoms with Gasteiger partial charge in [0.2, 0.25) is 0 Å². The van der Waals surface area contributed by atoms with Gasteiger partial charge < -0.3 is 4.74 Å². The third-order valence-electron chi connectivity index (χ3n) is 3.87. The zero-order chi connectivity index (χ0) is 17.1. The van der Waals surface area contributed by atoms with Crippen LogP contribution in [0.2, 0.25) is 0 Å². The van der Waals surface area contributed by atoms with Crippen molar-refractivity contribution in [3.8, 4) is 10.9 Å². The standard InChI is InChI=1S/C19H18N2O2S/c1-13-12-16(14(2)21(13)19-20-10-11-24-19)6-9-18(22)15-4-7-17(23-3)8-5-15/h4-12H,1-3H3/b9-6+. The number of methoxy groups -OCH3 is 1. The Morgan fingerprint density at radius 2 is 2.00 bits per heavy atom. The van der Waals surface area contributed by atoms with Gasteiger partial charge in [-0.05, 0) is 61.9 Å². The lowest BCUT2D eigenvalue weighted by Gasteiger charge is -2.04. The van der Waals surface area contributed by atoms with Crippen LogP contribution in [0.4, 0.5) is 0 Å². The highest BCUT2D eigenvalue weighted by Gasteiger charge is 2.11. The van der Waals surface area contributed by atoms with E-state index in [1.165, 1.54) is 0 Å². The molecule has 0 saturated heterocycles. The molecular formula is C19H18N2O2S. The number of hydrogen-bond acceptors (Lipinski definition) is 4. The smallest absolute Gasteiger partial charge is 0.193 e. The Morgan fingerprint density at radius 1 is 1.25 bits per heavy atom. The fraction of sp³-hybridized carbons (Fsp3) is 0.158. The van der Waals surface area contributed by atoms with Gasteiger partial charge in [-0.25, -0.2) is 4.98 Å². The largest absolute Gasteiger partial charge is 0.497 e. The first-order valence-electron chi connectivity index (χ1n) is 7.55. The van der Waals surface area contributed by atoms with Gasteiger partial charge in [-0.1, -0.05) is 0 Å². The summed E-state index contributed by atoms with van der Waals surface area (Å²) in [5.74, 6) is 0.708. The summed E-state index contributed by atoms with van der Waals surface area (Å²) in [6, 6.07) is 9.17. The molecule has 0 N–H and O–H groups in total. The van der Waals surface area contributed by atoms with E-state index in [-0.39, 0.29) is 5.78 Å². The second-order valence-corrected chi connectivity index (χ2v) is 6.28. The van der Waals surface area contributed by atoms with Crippen LogP contribution in [0, 0.1) is 13.8 Å². The summed E-state index contributed by atoms with van der Waals surface area (Å²) in [4.78, 5) is 16.7. The van der Waals surface area contributed by atoms with E-state index in [4.69, 9.17) is 4.74 Å². The zero-order valence-corrected chi connectivity index (χ0v) is 14.6. The summed E-state index contributed by atoms with van der Waals surface area (Å²) >= 11 is 1.59. The fourth-order valence-electron chi connectivity index (χ4n) is 2.59. The van der Waals surface area contributed by atoms with Gasteiger partial charge >= 0.3 is 0 Å². The molecule has 0 bridgehead atoms. The highest BCUT2D eigenvalue weighted by molar-refractivity contribution is 7.12. The molecule has 5 heteroatoms. The van der Waals surface area contributed by atoms with Crippen LogP contribution in [0.5, 0.6) is 5.75 Å². The van der Waals surface area contributed by atoms with Crippen molar-refractivity contribution in [3.05, 3.63) is 70.5 Å². The lowest BCUT2D eigenvalue weighted by atomic mass is 10.1. The highest BCUT2D eigenvalue weighted by Crippen LogP contribution is 2.23. The molecule has 0 amide bonds. The average molecular weight is 338 g/mol. The number of aryl methyl sites for hydroxylation is 1. The molecule has 0 radical (unpaired) electrons. The molecule has 0 atom stereocenters. The molecule has 2 heterocycles. The minimum atomic E-state index is -0.0308. The van der Waals surface area contributed by atoms with Crippen LogP contribution in [-0.4, -0.2) is 22.4 Å². The Hall–Kier alpha value is -2.66. The molecule has 1 aromatic carbocycles. The zero-order valence-electron chi connectivity index (χ0n) is 13.8. The Bertz CT molecular complexity index is 875. The normalized spacial score (nSPS) is 11.1. The van der Waals surface area contributed by atoms with Crippen molar-refractivity contribution in [1.82, 2.24) is 9.55 Å². The number of allylic oxidation sites excluding steroid dienone is 1. The van der Waals surface area contributed by atoms with Gasteiger partial charge in [-0.3, -0.25) is 9.36 Å². The van der Waals surface area contributed by atoms with Crippen molar-refractivity contribution in [1.29, 1.82) is 0 Å². The minimum absolute atomic E-state index is 0.0308. The van der Waals surface area contributed by atoms with E-state index in [1.54, 1.807) is 55.0 Å². The van der Waals surface area contributed by atoms with Gasteiger partial charge in [0.25, 0.3) is 0 Å². The summed E-state index contributed by atoms with van der Waals surface area (Å²) in [6.07, 6.45) is 5.26. The van der Waals surface area contributed by atoms with Crippen LogP contribution in [0.3, 0.4) is 0 Å². The third kappa shape index (κ3) is 3.16. The number of carbonyl (C=O) groups is 1. The van der Waals surface area contributed by atoms with Crippen molar-refractivity contribution in [2.45, 2.75) is 13.8 Å². The lowest BCUT2D eigenvalue weighted by molar-refractivity contribution is 0.104. The molecule has 0 unspecified atom stereocenters. The van der Waals surface area contributed by atoms with Gasteiger partial charge in [0.1, 0.15) is 5.75 Å². The van der Waals surface area contributed by atoms with Crippen LogP contribution < -0.4 is 4.74 Å². The van der Waals surface area contributed by atoms with Gasteiger partial charge in [-0.15, -0.1) is 11.3 Å². The Morgan fingerprint density at radius 3 is 2.62 bits per heavy atom. The predicted octanol–water partition coefficient (Wildman–Crippen LogP) is 4.46. The molecule has 0 saturated carbocycles. The monoisotopic (exact) mass is 338 g/mol. The number of nitrogens with zero attached hydrogens (tertiary/aromatic N) is 2. The van der Waals surface area contributed by atoms with Crippen molar-refractivity contribution in [2.75, 3.05) is 7.11 Å². The summed E-state index contributed by atoms with van der Waals surface area (Å²) in [5.41, 5.74) is 3.82. The molecule has 3 aromatic rings. The Labute approximate surface area is 145 Å². The minimum Gasteiger partial charge on any atom is -0.497 e. The van der Waals surface area contributed by atoms with Crippen LogP contribution in [-0.2, 0) is 0 Å². The van der Waals surface area contributed by atoms with Crippen molar-refractivity contribution < 1.29 is 9.53 Å². The third-order valence-corrected chi connectivity index (χ3v) is 4.63. The quantitative estimate of drug-likeness (QED) is 0.510. The number of hydrogen-bond donors (Lipinski definition) is 0. The number of benzene rings is 1. The molecule has 3 rings (SSSR count). The van der Waals surface area contributed by atoms with E-state index in [2.05, 4.69) is 15.6 Å². The van der Waals surface area contributed by atoms with Gasteiger partial charge in [-0.2, -0.15) is 0 Å². The van der Waals surface area contributed by atoms with Crippen molar-refractivity contribution in [2.24, 2.45) is 0 Å². The molecule has 2 aromatic heterocycles. The highest BCUT2D eigenvalue weighted by atomic mass is 32.1. The van der Waals surface area contributed by atoms with E-state index in [0.717, 1.165) is 27.8 Å². The molecular weight excluding hydrogens is 320 g/mol. The van der Waals surface area contributed by atoms with E-state index in [0.29, 0.717) is 5.56 Å². The van der Waals surface area contributed by atoms with E-state index >= 15 is 0 Å². The Kier molecular flexibility index (Phi) is 4.62. The molecule has 0 aliphatic rings. The number of ether oxygens (including phenoxy) is 1. The number of ketones is 1. The number of carbonyl (C=O) groups excluding carboxylic acids is 1. The SMILES string of the molecule is COc1ccc(C(=O)/C=C/c2cc(C)n(-c3nccs3)c2C)cc1. The predicted molar refractivity (Wildman–Crippen MR) is 97.3 cm³/mol. The molecule has 0 aliphatic heterocycles. The van der Waals surface area contributed by atoms with Crippen LogP contribution in [0.15, 0.2) is 48.0 Å². The van der Waals surface area contributed by atoms with Crippen LogP contribution >= 0.6 is 11.3 Å². The molecule has 4 nitrogen and oxygen atoms in total. The van der Waals surface area contributed by atoms with Crippen molar-refractivity contribution in [3.63, 3.8) is 0 Å². The Balaban J connectivity index is 1.84. The number of rotatable bonds is 5. The van der Waals surface area contributed by atoms with Crippen LogP contribution in [0.1, 0.15) is 27.3 Å².